The molecule has 0 spiro atoms. The number of piperazine rings is 1. The van der Waals surface area contributed by atoms with E-state index in [1.807, 2.05) is 10.4 Å². The Bertz CT molecular complexity index is 1090. The predicted molar refractivity (Wildman–Crippen MR) is 112 cm³/mol. The fourth-order valence-corrected chi connectivity index (χ4v) is 4.96. The van der Waals surface area contributed by atoms with Gasteiger partial charge in [-0.3, -0.25) is 0 Å². The van der Waals surface area contributed by atoms with E-state index in [0.717, 1.165) is 5.69 Å². The van der Waals surface area contributed by atoms with Crippen molar-refractivity contribution in [3.05, 3.63) is 53.8 Å². The van der Waals surface area contributed by atoms with Crippen molar-refractivity contribution in [3.8, 4) is 23.3 Å². The number of hydrogen-bond acceptors (Lipinski definition) is 7. The maximum atomic E-state index is 13.1. The number of halogens is 1. The van der Waals surface area contributed by atoms with Gasteiger partial charge in [-0.25, -0.2) is 12.8 Å². The summed E-state index contributed by atoms with van der Waals surface area (Å²) >= 11 is 0. The van der Waals surface area contributed by atoms with Crippen molar-refractivity contribution >= 4 is 15.7 Å². The Morgan fingerprint density at radius 3 is 2.48 bits per heavy atom. The molecule has 0 aliphatic carbocycles. The van der Waals surface area contributed by atoms with Crippen molar-refractivity contribution < 1.29 is 27.5 Å². The molecule has 2 aromatic carbocycles. The zero-order valence-electron chi connectivity index (χ0n) is 16.6. The lowest BCUT2D eigenvalue weighted by Crippen LogP contribution is -2.51. The van der Waals surface area contributed by atoms with Crippen LogP contribution in [-0.2, 0) is 10.0 Å². The molecular formula is C21H22FN3O5S. The van der Waals surface area contributed by atoms with Crippen LogP contribution in [0.1, 0.15) is 5.56 Å². The van der Waals surface area contributed by atoms with Gasteiger partial charge in [-0.15, -0.1) is 0 Å². The molecule has 0 radical (unpaired) electrons. The molecule has 1 saturated heterocycles. The largest absolute Gasteiger partial charge is 0.454 e. The van der Waals surface area contributed by atoms with Crippen molar-refractivity contribution in [2.75, 3.05) is 43.6 Å². The molecule has 1 unspecified atom stereocenters. The van der Waals surface area contributed by atoms with Crippen LogP contribution in [0.2, 0.25) is 0 Å². The maximum absolute atomic E-state index is 13.1. The molecule has 2 aromatic rings. The van der Waals surface area contributed by atoms with Crippen LogP contribution in [-0.4, -0.2) is 62.7 Å². The highest BCUT2D eigenvalue weighted by atomic mass is 32.2. The van der Waals surface area contributed by atoms with E-state index in [1.54, 1.807) is 30.3 Å². The smallest absolute Gasteiger partial charge is 0.231 e. The van der Waals surface area contributed by atoms with E-state index in [2.05, 4.69) is 11.8 Å². The summed E-state index contributed by atoms with van der Waals surface area (Å²) in [7, 11) is -3.64. The van der Waals surface area contributed by atoms with E-state index in [9.17, 15) is 18.0 Å². The van der Waals surface area contributed by atoms with E-state index >= 15 is 0 Å². The van der Waals surface area contributed by atoms with Gasteiger partial charge >= 0.3 is 0 Å². The van der Waals surface area contributed by atoms with Crippen molar-refractivity contribution in [2.24, 2.45) is 0 Å². The van der Waals surface area contributed by atoms with E-state index in [1.165, 1.54) is 16.4 Å². The second kappa shape index (κ2) is 9.11. The molecule has 31 heavy (non-hydrogen) atoms. The summed E-state index contributed by atoms with van der Waals surface area (Å²) in [4.78, 5) is 2.01. The first-order chi connectivity index (χ1) is 14.9. The molecule has 8 nitrogen and oxygen atoms in total. The number of ether oxygens (including phenoxy) is 2. The van der Waals surface area contributed by atoms with Crippen LogP contribution < -0.4 is 19.9 Å². The SMILES string of the molecule is O=S(=O)(CC(C#Cc1ccc2c(c1)OCO2)NO)N1CCN(c2ccc(F)cc2)CC1. The van der Waals surface area contributed by atoms with E-state index in [-0.39, 0.29) is 18.4 Å². The molecule has 164 valence electrons. The number of hydroxylamine groups is 1. The van der Waals surface area contributed by atoms with Gasteiger partial charge in [0.2, 0.25) is 16.8 Å². The molecule has 0 amide bonds. The molecule has 2 aliphatic heterocycles. The van der Waals surface area contributed by atoms with Crippen molar-refractivity contribution in [1.82, 2.24) is 9.79 Å². The first-order valence-electron chi connectivity index (χ1n) is 9.74. The van der Waals surface area contributed by atoms with Crippen LogP contribution in [0.5, 0.6) is 11.5 Å². The van der Waals surface area contributed by atoms with E-state index in [4.69, 9.17) is 9.47 Å². The summed E-state index contributed by atoms with van der Waals surface area (Å²) in [5.74, 6) is 6.14. The molecule has 2 aliphatic rings. The van der Waals surface area contributed by atoms with Crippen LogP contribution in [0.4, 0.5) is 10.1 Å². The van der Waals surface area contributed by atoms with Gasteiger partial charge in [0.25, 0.3) is 0 Å². The number of benzene rings is 2. The van der Waals surface area contributed by atoms with Crippen LogP contribution in [0.25, 0.3) is 0 Å². The first kappa shape index (κ1) is 21.4. The average molecular weight is 447 g/mol. The summed E-state index contributed by atoms with van der Waals surface area (Å²) in [6.45, 7) is 1.73. The Hall–Kier alpha value is -2.84. The van der Waals surface area contributed by atoms with Crippen molar-refractivity contribution in [1.29, 1.82) is 0 Å². The van der Waals surface area contributed by atoms with E-state index in [0.29, 0.717) is 43.2 Å². The Kier molecular flexibility index (Phi) is 6.29. The third-order valence-electron chi connectivity index (χ3n) is 5.12. The zero-order chi connectivity index (χ0) is 21.8. The lowest BCUT2D eigenvalue weighted by Gasteiger charge is -2.35. The molecule has 0 saturated carbocycles. The second-order valence-corrected chi connectivity index (χ2v) is 9.17. The predicted octanol–water partition coefficient (Wildman–Crippen LogP) is 1.41. The Morgan fingerprint density at radius 2 is 1.77 bits per heavy atom. The molecule has 4 rings (SSSR count). The highest BCUT2D eigenvalue weighted by molar-refractivity contribution is 7.89. The number of rotatable bonds is 5. The van der Waals surface area contributed by atoms with Gasteiger partial charge < -0.3 is 19.6 Å². The second-order valence-electron chi connectivity index (χ2n) is 7.16. The van der Waals surface area contributed by atoms with Crippen LogP contribution in [0, 0.1) is 17.7 Å². The average Bonchev–Trinajstić information content (AvgIpc) is 3.25. The highest BCUT2D eigenvalue weighted by Crippen LogP contribution is 2.32. The number of fused-ring (bicyclic) bond motifs is 1. The van der Waals surface area contributed by atoms with Crippen molar-refractivity contribution in [2.45, 2.75) is 6.04 Å². The number of hydrogen-bond donors (Lipinski definition) is 2. The van der Waals surface area contributed by atoms with E-state index < -0.39 is 16.1 Å². The monoisotopic (exact) mass is 447 g/mol. The highest BCUT2D eigenvalue weighted by Gasteiger charge is 2.29. The zero-order valence-corrected chi connectivity index (χ0v) is 17.4. The number of anilines is 1. The standard InChI is InChI=1S/C21H22FN3O5S/c22-17-3-6-19(7-4-17)24-9-11-25(12-10-24)31(27,28)14-18(23-26)5-1-16-2-8-20-21(13-16)30-15-29-20/h2-4,6-8,13,18,23,26H,9-12,14-15H2. The number of nitrogens with one attached hydrogen (secondary N) is 1. The summed E-state index contributed by atoms with van der Waals surface area (Å²) < 4.78 is 50.7. The molecule has 0 aromatic heterocycles. The lowest BCUT2D eigenvalue weighted by molar-refractivity contribution is 0.153. The van der Waals surface area contributed by atoms with Gasteiger partial charge in [-0.1, -0.05) is 11.8 Å². The summed E-state index contributed by atoms with van der Waals surface area (Å²) in [5, 5.41) is 9.41. The molecule has 2 heterocycles. The minimum absolute atomic E-state index is 0.152. The van der Waals surface area contributed by atoms with Crippen molar-refractivity contribution in [3.63, 3.8) is 0 Å². The van der Waals surface area contributed by atoms with Crippen LogP contribution in [0.15, 0.2) is 42.5 Å². The molecule has 1 fully saturated rings. The third-order valence-corrected chi connectivity index (χ3v) is 7.03. The topological polar surface area (TPSA) is 91.3 Å². The Morgan fingerprint density at radius 1 is 1.06 bits per heavy atom. The van der Waals surface area contributed by atoms with Gasteiger partial charge in [0.15, 0.2) is 11.5 Å². The van der Waals surface area contributed by atoms with Gasteiger partial charge in [0, 0.05) is 37.4 Å². The van der Waals surface area contributed by atoms with Gasteiger partial charge in [0.1, 0.15) is 11.9 Å². The molecule has 2 N–H and O–H groups in total. The van der Waals surface area contributed by atoms with Gasteiger partial charge in [0.05, 0.1) is 5.75 Å². The Labute approximate surface area is 180 Å². The fraction of sp³-hybridized carbons (Fsp3) is 0.333. The minimum Gasteiger partial charge on any atom is -0.454 e. The number of nitrogens with zero attached hydrogens (tertiary/aromatic N) is 2. The van der Waals surface area contributed by atoms with Crippen LogP contribution >= 0.6 is 0 Å². The molecule has 1 atom stereocenters. The third kappa shape index (κ3) is 5.08. The lowest BCUT2D eigenvalue weighted by atomic mass is 10.2. The number of sulfonamides is 1. The van der Waals surface area contributed by atoms with Gasteiger partial charge in [-0.05, 0) is 42.5 Å². The summed E-state index contributed by atoms with van der Waals surface area (Å²) in [5.41, 5.74) is 3.45. The minimum atomic E-state index is -3.64. The molecular weight excluding hydrogens is 425 g/mol. The van der Waals surface area contributed by atoms with Gasteiger partial charge in [-0.2, -0.15) is 9.79 Å². The Balaban J connectivity index is 1.37. The summed E-state index contributed by atoms with van der Waals surface area (Å²) in [6, 6.07) is 10.3. The maximum Gasteiger partial charge on any atom is 0.231 e. The van der Waals surface area contributed by atoms with Crippen LogP contribution in [0.3, 0.4) is 0 Å². The molecule has 0 bridgehead atoms. The molecule has 10 heteroatoms. The first-order valence-corrected chi connectivity index (χ1v) is 11.3. The normalized spacial score (nSPS) is 17.2. The fourth-order valence-electron chi connectivity index (χ4n) is 3.45. The quantitative estimate of drug-likeness (QED) is 0.529. The summed E-state index contributed by atoms with van der Waals surface area (Å²) in [6.07, 6.45) is 0.